The molecule has 0 aromatic heterocycles. The smallest absolute Gasteiger partial charge is 0.312 e. The van der Waals surface area contributed by atoms with Crippen LogP contribution in [0.15, 0.2) is 11.6 Å². The Bertz CT molecular complexity index is 226. The van der Waals surface area contributed by atoms with Crippen LogP contribution in [0.1, 0.15) is 27.2 Å². The molecule has 0 heterocycles. The molecule has 12 heavy (non-hydrogen) atoms. The number of carbonyl (C=O) groups excluding carboxylic acids is 1. The maximum absolute atomic E-state index is 11.2. The molecule has 0 N–H and O–H groups in total. The minimum Gasteiger partial charge on any atom is -0.469 e. The number of hydrogen-bond donors (Lipinski definition) is 0. The normalized spacial score (nSPS) is 32.5. The van der Waals surface area contributed by atoms with Gasteiger partial charge < -0.3 is 4.74 Å². The number of allylic oxidation sites excluding steroid dienone is 2. The van der Waals surface area contributed by atoms with Crippen LogP contribution in [0, 0.1) is 11.3 Å². The third kappa shape index (κ3) is 1.52. The van der Waals surface area contributed by atoms with E-state index in [4.69, 9.17) is 4.74 Å². The van der Waals surface area contributed by atoms with Gasteiger partial charge in [-0.3, -0.25) is 4.79 Å². The molecule has 1 aliphatic rings. The molecule has 0 aromatic carbocycles. The van der Waals surface area contributed by atoms with E-state index < -0.39 is 0 Å². The zero-order valence-electron chi connectivity index (χ0n) is 8.18. The second kappa shape index (κ2) is 2.92. The summed E-state index contributed by atoms with van der Waals surface area (Å²) in [7, 11) is 1.45. The Morgan fingerprint density at radius 1 is 1.58 bits per heavy atom. The monoisotopic (exact) mass is 168 g/mol. The molecular formula is C10H16O2. The second-order valence-corrected chi connectivity index (χ2v) is 3.96. The van der Waals surface area contributed by atoms with Crippen LogP contribution in [0.2, 0.25) is 0 Å². The van der Waals surface area contributed by atoms with Crippen LogP contribution in [0.4, 0.5) is 0 Å². The lowest BCUT2D eigenvalue weighted by Gasteiger charge is -2.05. The fourth-order valence-electron chi connectivity index (χ4n) is 1.51. The number of ether oxygens (including phenoxy) is 1. The van der Waals surface area contributed by atoms with Gasteiger partial charge in [0, 0.05) is 0 Å². The number of esters is 1. The van der Waals surface area contributed by atoms with Crippen molar-refractivity contribution in [3.05, 3.63) is 11.6 Å². The van der Waals surface area contributed by atoms with Crippen LogP contribution in [0.25, 0.3) is 0 Å². The van der Waals surface area contributed by atoms with Crippen molar-refractivity contribution in [1.29, 1.82) is 0 Å². The highest BCUT2D eigenvalue weighted by atomic mass is 16.5. The molecule has 2 nitrogen and oxygen atoms in total. The summed E-state index contributed by atoms with van der Waals surface area (Å²) in [5.74, 6) is 0.319. The molecular weight excluding hydrogens is 152 g/mol. The number of carbonyl (C=O) groups is 1. The fourth-order valence-corrected chi connectivity index (χ4v) is 1.51. The summed E-state index contributed by atoms with van der Waals surface area (Å²) >= 11 is 0. The van der Waals surface area contributed by atoms with Gasteiger partial charge in [-0.1, -0.05) is 11.6 Å². The van der Waals surface area contributed by atoms with Gasteiger partial charge in [0.15, 0.2) is 0 Å². The lowest BCUT2D eigenvalue weighted by Crippen LogP contribution is -2.15. The molecule has 1 rings (SSSR count). The zero-order valence-corrected chi connectivity index (χ0v) is 8.18. The number of hydrogen-bond acceptors (Lipinski definition) is 2. The highest BCUT2D eigenvalue weighted by molar-refractivity contribution is 5.80. The van der Waals surface area contributed by atoms with Crippen LogP contribution >= 0.6 is 0 Å². The highest BCUT2D eigenvalue weighted by Gasteiger charge is 2.55. The molecule has 0 saturated heterocycles. The fraction of sp³-hybridized carbons (Fsp3) is 0.700. The largest absolute Gasteiger partial charge is 0.469 e. The first-order valence-corrected chi connectivity index (χ1v) is 4.24. The number of methoxy groups -OCH3 is 1. The second-order valence-electron chi connectivity index (χ2n) is 3.96. The maximum Gasteiger partial charge on any atom is 0.312 e. The Labute approximate surface area is 73.6 Å². The van der Waals surface area contributed by atoms with Crippen LogP contribution in [0.3, 0.4) is 0 Å². The molecule has 0 spiro atoms. The molecule has 0 aromatic rings. The van der Waals surface area contributed by atoms with E-state index in [1.165, 1.54) is 12.7 Å². The van der Waals surface area contributed by atoms with Gasteiger partial charge in [0.05, 0.1) is 12.5 Å². The molecule has 2 heteroatoms. The summed E-state index contributed by atoms with van der Waals surface area (Å²) in [5, 5.41) is 0. The highest BCUT2D eigenvalue weighted by Crippen LogP contribution is 2.54. The van der Waals surface area contributed by atoms with Gasteiger partial charge in [0.1, 0.15) is 0 Å². The molecule has 1 saturated carbocycles. The Hall–Kier alpha value is -0.790. The summed E-state index contributed by atoms with van der Waals surface area (Å²) in [6.45, 7) is 6.06. The summed E-state index contributed by atoms with van der Waals surface area (Å²) in [4.78, 5) is 11.2. The predicted molar refractivity (Wildman–Crippen MR) is 47.7 cm³/mol. The van der Waals surface area contributed by atoms with E-state index in [1.54, 1.807) is 0 Å². The summed E-state index contributed by atoms with van der Waals surface area (Å²) in [6.07, 6.45) is 3.09. The maximum atomic E-state index is 11.2. The Morgan fingerprint density at radius 3 is 2.58 bits per heavy atom. The molecule has 0 bridgehead atoms. The topological polar surface area (TPSA) is 26.3 Å². The van der Waals surface area contributed by atoms with Crippen molar-refractivity contribution >= 4 is 5.97 Å². The lowest BCUT2D eigenvalue weighted by molar-refractivity contribution is -0.146. The molecule has 2 atom stereocenters. The molecule has 0 unspecified atom stereocenters. The standard InChI is InChI=1S/C10H16O2/c1-7(2)5-8-6-10(8,3)9(11)12-4/h5,8H,6H2,1-4H3/t8-,10+/m0/s1. The van der Waals surface area contributed by atoms with E-state index in [2.05, 4.69) is 19.9 Å². The van der Waals surface area contributed by atoms with E-state index >= 15 is 0 Å². The minimum atomic E-state index is -0.230. The van der Waals surface area contributed by atoms with E-state index in [9.17, 15) is 4.79 Å². The molecule has 1 aliphatic carbocycles. The van der Waals surface area contributed by atoms with Crippen molar-refractivity contribution in [3.63, 3.8) is 0 Å². The zero-order chi connectivity index (χ0) is 9.35. The summed E-state index contributed by atoms with van der Waals surface area (Å²) < 4.78 is 4.72. The van der Waals surface area contributed by atoms with Crippen molar-refractivity contribution in [2.45, 2.75) is 27.2 Å². The first-order valence-electron chi connectivity index (χ1n) is 4.24. The molecule has 0 radical (unpaired) electrons. The van der Waals surface area contributed by atoms with Crippen molar-refractivity contribution < 1.29 is 9.53 Å². The quantitative estimate of drug-likeness (QED) is 0.466. The third-order valence-electron chi connectivity index (χ3n) is 2.49. The third-order valence-corrected chi connectivity index (χ3v) is 2.49. The first kappa shape index (κ1) is 9.30. The van der Waals surface area contributed by atoms with Gasteiger partial charge in [-0.05, 0) is 33.1 Å². The van der Waals surface area contributed by atoms with E-state index in [0.29, 0.717) is 5.92 Å². The SMILES string of the molecule is COC(=O)[C@]1(C)C[C@@H]1C=C(C)C. The van der Waals surface area contributed by atoms with Crippen molar-refractivity contribution in [1.82, 2.24) is 0 Å². The molecule has 0 amide bonds. The molecule has 0 aliphatic heterocycles. The molecule has 68 valence electrons. The summed E-state index contributed by atoms with van der Waals surface area (Å²) in [6, 6.07) is 0. The van der Waals surface area contributed by atoms with Gasteiger partial charge >= 0.3 is 5.97 Å². The average Bonchev–Trinajstić information content (AvgIpc) is 2.60. The van der Waals surface area contributed by atoms with Gasteiger partial charge in [-0.15, -0.1) is 0 Å². The van der Waals surface area contributed by atoms with Gasteiger partial charge in [0.25, 0.3) is 0 Å². The average molecular weight is 168 g/mol. The van der Waals surface area contributed by atoms with Gasteiger partial charge in [-0.25, -0.2) is 0 Å². The van der Waals surface area contributed by atoms with E-state index in [0.717, 1.165) is 6.42 Å². The van der Waals surface area contributed by atoms with Crippen LogP contribution in [-0.2, 0) is 9.53 Å². The van der Waals surface area contributed by atoms with Crippen LogP contribution in [0.5, 0.6) is 0 Å². The number of rotatable bonds is 2. The Balaban J connectivity index is 2.60. The predicted octanol–water partition coefficient (Wildman–Crippen LogP) is 2.15. The van der Waals surface area contributed by atoms with Crippen molar-refractivity contribution in [2.75, 3.05) is 7.11 Å². The lowest BCUT2D eigenvalue weighted by atomic mass is 10.1. The molecule has 1 fully saturated rings. The summed E-state index contributed by atoms with van der Waals surface area (Å²) in [5.41, 5.74) is 1.04. The Kier molecular flexibility index (Phi) is 2.27. The van der Waals surface area contributed by atoms with Crippen molar-refractivity contribution in [2.24, 2.45) is 11.3 Å². The van der Waals surface area contributed by atoms with E-state index in [1.807, 2.05) is 6.92 Å². The van der Waals surface area contributed by atoms with Crippen molar-refractivity contribution in [3.8, 4) is 0 Å². The first-order chi connectivity index (χ1) is 5.50. The van der Waals surface area contributed by atoms with E-state index in [-0.39, 0.29) is 11.4 Å². The Morgan fingerprint density at radius 2 is 2.17 bits per heavy atom. The van der Waals surface area contributed by atoms with Gasteiger partial charge in [-0.2, -0.15) is 0 Å². The van der Waals surface area contributed by atoms with Gasteiger partial charge in [0.2, 0.25) is 0 Å². The van der Waals surface area contributed by atoms with Crippen LogP contribution < -0.4 is 0 Å². The van der Waals surface area contributed by atoms with Crippen LogP contribution in [-0.4, -0.2) is 13.1 Å². The minimum absolute atomic E-state index is 0.0787.